The maximum absolute atomic E-state index is 13.1. The van der Waals surface area contributed by atoms with Gasteiger partial charge in [-0.05, 0) is 62.0 Å². The van der Waals surface area contributed by atoms with Crippen LogP contribution in [0.25, 0.3) is 0 Å². The Balaban J connectivity index is 0.983. The van der Waals surface area contributed by atoms with Crippen LogP contribution in [0.3, 0.4) is 0 Å². The van der Waals surface area contributed by atoms with E-state index in [9.17, 15) is 9.59 Å². The molecule has 3 heterocycles. The van der Waals surface area contributed by atoms with Gasteiger partial charge in [0.1, 0.15) is 0 Å². The van der Waals surface area contributed by atoms with Crippen LogP contribution in [0.15, 0.2) is 30.6 Å². The number of piperazine rings is 1. The highest BCUT2D eigenvalue weighted by Crippen LogP contribution is 2.61. The van der Waals surface area contributed by atoms with E-state index in [-0.39, 0.29) is 23.7 Å². The van der Waals surface area contributed by atoms with E-state index in [2.05, 4.69) is 31.9 Å². The number of likely N-dealkylation sites (tertiary alicyclic amines) is 1. The van der Waals surface area contributed by atoms with Crippen LogP contribution in [0.5, 0.6) is 0 Å². The summed E-state index contributed by atoms with van der Waals surface area (Å²) in [6.45, 7) is 5.49. The van der Waals surface area contributed by atoms with Crippen molar-refractivity contribution in [2.24, 2.45) is 35.5 Å². The third-order valence-electron chi connectivity index (χ3n) is 8.56. The summed E-state index contributed by atoms with van der Waals surface area (Å²) in [5.41, 5.74) is 0. The Morgan fingerprint density at radius 2 is 1.39 bits per heavy atom. The smallest absolute Gasteiger partial charge is 0.233 e. The van der Waals surface area contributed by atoms with Gasteiger partial charge in [-0.3, -0.25) is 19.4 Å². The highest BCUT2D eigenvalue weighted by atomic mass is 16.2. The van der Waals surface area contributed by atoms with Crippen LogP contribution in [0.1, 0.15) is 25.7 Å². The van der Waals surface area contributed by atoms with E-state index in [1.165, 1.54) is 12.8 Å². The summed E-state index contributed by atoms with van der Waals surface area (Å²) in [5, 5.41) is 0. The van der Waals surface area contributed by atoms with E-state index in [0.717, 1.165) is 51.5 Å². The van der Waals surface area contributed by atoms with E-state index in [0.29, 0.717) is 30.2 Å². The molecule has 7 nitrogen and oxygen atoms in total. The van der Waals surface area contributed by atoms with Crippen molar-refractivity contribution < 1.29 is 9.59 Å². The summed E-state index contributed by atoms with van der Waals surface area (Å²) in [4.78, 5) is 41.3. The molecule has 2 unspecified atom stereocenters. The molecule has 7 heteroatoms. The number of nitrogens with zero attached hydrogens (tertiary/aromatic N) is 5. The summed E-state index contributed by atoms with van der Waals surface area (Å²) < 4.78 is 0. The fraction of sp³-hybridized carbons (Fsp3) is 0.667. The van der Waals surface area contributed by atoms with Crippen molar-refractivity contribution in [2.75, 3.05) is 44.2 Å². The molecular weight excluding hydrogens is 390 g/mol. The third-order valence-corrected chi connectivity index (χ3v) is 8.56. The summed E-state index contributed by atoms with van der Waals surface area (Å²) >= 11 is 0. The molecule has 6 aliphatic rings. The van der Waals surface area contributed by atoms with Gasteiger partial charge in [0, 0.05) is 45.1 Å². The van der Waals surface area contributed by atoms with E-state index in [4.69, 9.17) is 0 Å². The van der Waals surface area contributed by atoms with Gasteiger partial charge < -0.3 is 4.90 Å². The Morgan fingerprint density at radius 1 is 0.806 bits per heavy atom. The Hall–Kier alpha value is -2.28. The summed E-state index contributed by atoms with van der Waals surface area (Å²) in [6, 6.07) is 1.84. The molecule has 4 fully saturated rings. The van der Waals surface area contributed by atoms with Crippen LogP contribution in [0.4, 0.5) is 5.95 Å². The zero-order valence-corrected chi connectivity index (χ0v) is 18.0. The molecule has 164 valence electrons. The first-order valence-electron chi connectivity index (χ1n) is 12.0. The second-order valence-corrected chi connectivity index (χ2v) is 9.91. The van der Waals surface area contributed by atoms with Gasteiger partial charge in [-0.15, -0.1) is 0 Å². The van der Waals surface area contributed by atoms with Crippen LogP contribution in [-0.2, 0) is 9.59 Å². The minimum atomic E-state index is -0.0580. The topological polar surface area (TPSA) is 69.6 Å². The molecular formula is C24H31N5O2. The highest BCUT2D eigenvalue weighted by Gasteiger charge is 2.63. The molecule has 2 saturated heterocycles. The Labute approximate surface area is 183 Å². The zero-order valence-electron chi connectivity index (χ0n) is 18.0. The quantitative estimate of drug-likeness (QED) is 0.397. The number of rotatable bonds is 6. The lowest BCUT2D eigenvalue weighted by molar-refractivity contribution is -0.140. The standard InChI is InChI=1S/C24H31N5O2/c30-22-20-18-6-7-19(17-5-4-16(17)18)21(20)23(31)29(22)11-2-1-10-27-12-14-28(15-13-27)24-25-8-3-9-26-24/h3,6-9,16-21H,1-2,4-5,10-15H2/t16-,17+,18?,19?,20-,21+. The van der Waals surface area contributed by atoms with E-state index >= 15 is 0 Å². The van der Waals surface area contributed by atoms with Gasteiger partial charge in [-0.25, -0.2) is 9.97 Å². The monoisotopic (exact) mass is 421 g/mol. The van der Waals surface area contributed by atoms with Crippen molar-refractivity contribution in [3.8, 4) is 0 Å². The van der Waals surface area contributed by atoms with Gasteiger partial charge >= 0.3 is 0 Å². The summed E-state index contributed by atoms with van der Waals surface area (Å²) in [7, 11) is 0. The molecule has 2 amide bonds. The SMILES string of the molecule is O=C1[C@@H]2C3C=CC([C@H]4CC[C@@H]34)[C@@H]2C(=O)N1CCCCN1CCN(c2ncccn2)CC1. The Bertz CT molecular complexity index is 843. The first-order valence-corrected chi connectivity index (χ1v) is 12.0. The number of imide groups is 1. The molecule has 2 saturated carbocycles. The molecule has 2 aliphatic heterocycles. The lowest BCUT2D eigenvalue weighted by atomic mass is 9.47. The number of carbonyl (C=O) groups excluding carboxylic acids is 2. The highest BCUT2D eigenvalue weighted by molar-refractivity contribution is 6.06. The van der Waals surface area contributed by atoms with Gasteiger partial charge in [0.2, 0.25) is 17.8 Å². The average Bonchev–Trinajstić information content (AvgIpc) is 3.04. The molecule has 6 atom stereocenters. The second-order valence-electron chi connectivity index (χ2n) is 9.91. The van der Waals surface area contributed by atoms with Gasteiger partial charge in [-0.2, -0.15) is 0 Å². The van der Waals surface area contributed by atoms with Crippen LogP contribution < -0.4 is 4.90 Å². The third kappa shape index (κ3) is 3.12. The second kappa shape index (κ2) is 7.69. The number of carbonyl (C=O) groups is 2. The van der Waals surface area contributed by atoms with Gasteiger partial charge in [0.15, 0.2) is 0 Å². The fourth-order valence-electron chi connectivity index (χ4n) is 6.86. The minimum Gasteiger partial charge on any atom is -0.338 e. The van der Waals surface area contributed by atoms with Crippen LogP contribution in [0, 0.1) is 35.5 Å². The Morgan fingerprint density at radius 3 is 1.97 bits per heavy atom. The molecule has 31 heavy (non-hydrogen) atoms. The van der Waals surface area contributed by atoms with E-state index < -0.39 is 0 Å². The number of anilines is 1. The number of aromatic nitrogens is 2. The molecule has 0 aromatic carbocycles. The number of unbranched alkanes of at least 4 members (excludes halogenated alkanes) is 1. The van der Waals surface area contributed by atoms with Crippen molar-refractivity contribution in [3.63, 3.8) is 0 Å². The molecule has 7 rings (SSSR count). The van der Waals surface area contributed by atoms with Gasteiger partial charge in [-0.1, -0.05) is 12.2 Å². The van der Waals surface area contributed by atoms with E-state index in [1.807, 2.05) is 6.07 Å². The predicted octanol–water partition coefficient (Wildman–Crippen LogP) is 1.82. The minimum absolute atomic E-state index is 0.0580. The number of allylic oxidation sites excluding steroid dienone is 2. The molecule has 0 N–H and O–H groups in total. The first-order chi connectivity index (χ1) is 15.2. The fourth-order valence-corrected chi connectivity index (χ4v) is 6.86. The van der Waals surface area contributed by atoms with Crippen molar-refractivity contribution in [1.82, 2.24) is 19.8 Å². The first kappa shape index (κ1) is 19.4. The van der Waals surface area contributed by atoms with Crippen LogP contribution in [0.2, 0.25) is 0 Å². The number of hydrogen-bond donors (Lipinski definition) is 0. The summed E-state index contributed by atoms with van der Waals surface area (Å²) in [5.74, 6) is 2.90. The average molecular weight is 422 g/mol. The molecule has 1 aromatic rings. The molecule has 0 radical (unpaired) electrons. The molecule has 4 aliphatic carbocycles. The lowest BCUT2D eigenvalue weighted by Crippen LogP contribution is -2.53. The molecule has 2 bridgehead atoms. The molecule has 0 spiro atoms. The Kier molecular flexibility index (Phi) is 4.82. The maximum atomic E-state index is 13.1. The van der Waals surface area contributed by atoms with Crippen LogP contribution in [-0.4, -0.2) is 70.9 Å². The van der Waals surface area contributed by atoms with Crippen molar-refractivity contribution in [3.05, 3.63) is 30.6 Å². The van der Waals surface area contributed by atoms with Crippen molar-refractivity contribution in [2.45, 2.75) is 25.7 Å². The predicted molar refractivity (Wildman–Crippen MR) is 116 cm³/mol. The normalized spacial score (nSPS) is 36.5. The van der Waals surface area contributed by atoms with Crippen molar-refractivity contribution >= 4 is 17.8 Å². The number of hydrogen-bond acceptors (Lipinski definition) is 6. The molecule has 1 aromatic heterocycles. The lowest BCUT2D eigenvalue weighted by Gasteiger charge is -2.55. The van der Waals surface area contributed by atoms with E-state index in [1.54, 1.807) is 17.3 Å². The summed E-state index contributed by atoms with van der Waals surface area (Å²) in [6.07, 6.45) is 12.5. The maximum Gasteiger partial charge on any atom is 0.233 e. The van der Waals surface area contributed by atoms with Crippen molar-refractivity contribution in [1.29, 1.82) is 0 Å². The van der Waals surface area contributed by atoms with Gasteiger partial charge in [0.05, 0.1) is 11.8 Å². The van der Waals surface area contributed by atoms with Crippen LogP contribution >= 0.6 is 0 Å². The van der Waals surface area contributed by atoms with Gasteiger partial charge in [0.25, 0.3) is 0 Å². The number of amides is 2. The largest absolute Gasteiger partial charge is 0.338 e. The zero-order chi connectivity index (χ0) is 20.9.